The highest BCUT2D eigenvalue weighted by Gasteiger charge is 2.19. The fraction of sp³-hybridized carbons (Fsp3) is 0.222. The van der Waals surface area contributed by atoms with E-state index in [1.54, 1.807) is 18.2 Å². The Labute approximate surface area is 75.9 Å². The van der Waals surface area contributed by atoms with Crippen LogP contribution in [0.4, 0.5) is 0 Å². The number of benzene rings is 1. The number of hydrogen-bond donors (Lipinski definition) is 2. The summed E-state index contributed by atoms with van der Waals surface area (Å²) in [6.45, 7) is 1.87. The lowest BCUT2D eigenvalue weighted by Crippen LogP contribution is -2.18. The van der Waals surface area contributed by atoms with Gasteiger partial charge < -0.3 is 5.11 Å². The van der Waals surface area contributed by atoms with E-state index in [0.717, 1.165) is 5.56 Å². The molecule has 1 atom stereocenters. The van der Waals surface area contributed by atoms with E-state index in [-0.39, 0.29) is 0 Å². The molecule has 4 heteroatoms. The van der Waals surface area contributed by atoms with Crippen molar-refractivity contribution in [2.75, 3.05) is 0 Å². The molecule has 0 spiro atoms. The van der Waals surface area contributed by atoms with Crippen molar-refractivity contribution < 1.29 is 14.7 Å². The molecule has 4 nitrogen and oxygen atoms in total. The van der Waals surface area contributed by atoms with Gasteiger partial charge in [0.25, 0.3) is 0 Å². The molecule has 0 saturated heterocycles. The average molecular weight is 181 g/mol. The van der Waals surface area contributed by atoms with Crippen LogP contribution in [0.25, 0.3) is 0 Å². The normalized spacial score (nSPS) is 12.5. The van der Waals surface area contributed by atoms with Crippen molar-refractivity contribution in [3.63, 3.8) is 0 Å². The summed E-state index contributed by atoms with van der Waals surface area (Å²) in [5, 5.41) is 8.71. The molecule has 0 aliphatic rings. The summed E-state index contributed by atoms with van der Waals surface area (Å²) in [4.78, 5) is 15.0. The van der Waals surface area contributed by atoms with Crippen LogP contribution >= 0.6 is 0 Å². The molecular formula is C9H11NO3. The van der Waals surface area contributed by atoms with E-state index in [1.807, 2.05) is 13.0 Å². The lowest BCUT2D eigenvalue weighted by molar-refractivity contribution is -0.151. The summed E-state index contributed by atoms with van der Waals surface area (Å²) >= 11 is 0. The number of carboxylic acids is 1. The highest BCUT2D eigenvalue weighted by atomic mass is 16.6. The van der Waals surface area contributed by atoms with E-state index in [2.05, 4.69) is 4.84 Å². The van der Waals surface area contributed by atoms with Crippen LogP contribution in [0.2, 0.25) is 0 Å². The van der Waals surface area contributed by atoms with Crippen molar-refractivity contribution in [1.82, 2.24) is 0 Å². The Balaban J connectivity index is 2.98. The number of hydrogen-bond acceptors (Lipinski definition) is 3. The first-order valence-corrected chi connectivity index (χ1v) is 3.80. The minimum atomic E-state index is -1.09. The van der Waals surface area contributed by atoms with E-state index < -0.39 is 12.1 Å². The van der Waals surface area contributed by atoms with Crippen molar-refractivity contribution in [1.29, 1.82) is 0 Å². The SMILES string of the molecule is Cc1cccc(C(ON)C(=O)O)c1. The van der Waals surface area contributed by atoms with Crippen LogP contribution in [-0.4, -0.2) is 11.1 Å². The third-order valence-electron chi connectivity index (χ3n) is 1.71. The van der Waals surface area contributed by atoms with Crippen molar-refractivity contribution in [2.24, 2.45) is 5.90 Å². The van der Waals surface area contributed by atoms with E-state index in [4.69, 9.17) is 11.0 Å². The minimum Gasteiger partial charge on any atom is -0.479 e. The summed E-state index contributed by atoms with van der Waals surface area (Å²) in [5.41, 5.74) is 1.52. The van der Waals surface area contributed by atoms with Gasteiger partial charge in [0.1, 0.15) is 0 Å². The fourth-order valence-corrected chi connectivity index (χ4v) is 1.11. The van der Waals surface area contributed by atoms with E-state index in [9.17, 15) is 4.79 Å². The highest BCUT2D eigenvalue weighted by Crippen LogP contribution is 2.16. The number of aryl methyl sites for hydroxylation is 1. The Kier molecular flexibility index (Phi) is 3.00. The van der Waals surface area contributed by atoms with Gasteiger partial charge in [-0.15, -0.1) is 0 Å². The summed E-state index contributed by atoms with van der Waals surface area (Å²) in [7, 11) is 0. The van der Waals surface area contributed by atoms with E-state index in [0.29, 0.717) is 5.56 Å². The molecule has 0 aromatic heterocycles. The van der Waals surface area contributed by atoms with Gasteiger partial charge in [-0.05, 0) is 12.5 Å². The molecule has 0 aliphatic heterocycles. The van der Waals surface area contributed by atoms with Gasteiger partial charge in [-0.2, -0.15) is 0 Å². The Morgan fingerprint density at radius 1 is 1.62 bits per heavy atom. The monoisotopic (exact) mass is 181 g/mol. The van der Waals surface area contributed by atoms with Gasteiger partial charge >= 0.3 is 5.97 Å². The predicted molar refractivity (Wildman–Crippen MR) is 46.8 cm³/mol. The van der Waals surface area contributed by atoms with Gasteiger partial charge in [-0.25, -0.2) is 10.7 Å². The second-order valence-corrected chi connectivity index (χ2v) is 2.77. The maximum atomic E-state index is 10.6. The minimum absolute atomic E-state index is 0.551. The standard InChI is InChI=1S/C9H11NO3/c1-6-3-2-4-7(5-6)8(13-10)9(11)12/h2-5,8H,10H2,1H3,(H,11,12). The number of carboxylic acid groups (broad SMARTS) is 1. The summed E-state index contributed by atoms with van der Waals surface area (Å²) < 4.78 is 0. The Morgan fingerprint density at radius 3 is 2.77 bits per heavy atom. The van der Waals surface area contributed by atoms with Crippen LogP contribution in [0.1, 0.15) is 17.2 Å². The number of rotatable bonds is 3. The second kappa shape index (κ2) is 4.02. The number of aliphatic carboxylic acids is 1. The molecule has 1 aromatic carbocycles. The lowest BCUT2D eigenvalue weighted by Gasteiger charge is -2.09. The molecule has 0 fully saturated rings. The average Bonchev–Trinajstić information content (AvgIpc) is 2.04. The van der Waals surface area contributed by atoms with E-state index in [1.165, 1.54) is 0 Å². The van der Waals surface area contributed by atoms with Crippen LogP contribution in [-0.2, 0) is 9.63 Å². The predicted octanol–water partition coefficient (Wildman–Crippen LogP) is 1.01. The third-order valence-corrected chi connectivity index (χ3v) is 1.71. The van der Waals surface area contributed by atoms with Gasteiger partial charge in [-0.1, -0.05) is 29.8 Å². The van der Waals surface area contributed by atoms with Crippen molar-refractivity contribution in [2.45, 2.75) is 13.0 Å². The van der Waals surface area contributed by atoms with Gasteiger partial charge in [-0.3, -0.25) is 4.84 Å². The van der Waals surface area contributed by atoms with Crippen molar-refractivity contribution in [3.8, 4) is 0 Å². The van der Waals surface area contributed by atoms with Crippen LogP contribution < -0.4 is 5.90 Å². The molecular weight excluding hydrogens is 170 g/mol. The Bertz CT molecular complexity index is 311. The fourth-order valence-electron chi connectivity index (χ4n) is 1.11. The maximum absolute atomic E-state index is 10.6. The molecule has 1 unspecified atom stereocenters. The first-order chi connectivity index (χ1) is 6.15. The van der Waals surface area contributed by atoms with E-state index >= 15 is 0 Å². The van der Waals surface area contributed by atoms with Gasteiger partial charge in [0.15, 0.2) is 0 Å². The molecule has 0 aliphatic carbocycles. The molecule has 0 saturated carbocycles. The molecule has 0 bridgehead atoms. The smallest absolute Gasteiger partial charge is 0.339 e. The summed E-state index contributed by atoms with van der Waals surface area (Å²) in [6, 6.07) is 7.03. The number of nitrogens with two attached hydrogens (primary N) is 1. The van der Waals surface area contributed by atoms with Gasteiger partial charge in [0, 0.05) is 0 Å². The molecule has 1 rings (SSSR count). The first kappa shape index (κ1) is 9.70. The van der Waals surface area contributed by atoms with Crippen LogP contribution in [0.5, 0.6) is 0 Å². The van der Waals surface area contributed by atoms with Crippen molar-refractivity contribution in [3.05, 3.63) is 35.4 Å². The summed E-state index contributed by atoms with van der Waals surface area (Å²) in [5.74, 6) is 3.79. The zero-order chi connectivity index (χ0) is 9.84. The highest BCUT2D eigenvalue weighted by molar-refractivity contribution is 5.74. The van der Waals surface area contributed by atoms with Gasteiger partial charge in [0.05, 0.1) is 0 Å². The van der Waals surface area contributed by atoms with Crippen LogP contribution in [0, 0.1) is 6.92 Å². The van der Waals surface area contributed by atoms with Crippen molar-refractivity contribution >= 4 is 5.97 Å². The van der Waals surface area contributed by atoms with Crippen LogP contribution in [0.15, 0.2) is 24.3 Å². The quantitative estimate of drug-likeness (QED) is 0.682. The Morgan fingerprint density at radius 2 is 2.31 bits per heavy atom. The molecule has 0 heterocycles. The topological polar surface area (TPSA) is 72.5 Å². The Hall–Kier alpha value is -1.39. The zero-order valence-electron chi connectivity index (χ0n) is 7.23. The maximum Gasteiger partial charge on any atom is 0.339 e. The molecule has 0 radical (unpaired) electrons. The molecule has 0 amide bonds. The van der Waals surface area contributed by atoms with Gasteiger partial charge in [0.2, 0.25) is 6.10 Å². The third kappa shape index (κ3) is 2.27. The largest absolute Gasteiger partial charge is 0.479 e. The van der Waals surface area contributed by atoms with Crippen LogP contribution in [0.3, 0.4) is 0 Å². The number of carbonyl (C=O) groups is 1. The molecule has 13 heavy (non-hydrogen) atoms. The summed E-state index contributed by atoms with van der Waals surface area (Å²) in [6.07, 6.45) is -1.08. The molecule has 1 aromatic rings. The molecule has 70 valence electrons. The second-order valence-electron chi connectivity index (χ2n) is 2.77. The lowest BCUT2D eigenvalue weighted by atomic mass is 10.1. The zero-order valence-corrected chi connectivity index (χ0v) is 7.23. The molecule has 3 N–H and O–H groups in total. The first-order valence-electron chi connectivity index (χ1n) is 3.80.